The standard InChI is InChI=1S/C13H20FNO4S/c1-9-5-11(6-10(7-16)12(9)14)20(17,18)15-13(2,3)8-19-4/h5-6,15-16H,7-8H2,1-4H3. The Bertz CT molecular complexity index is 584. The number of hydrogen-bond donors (Lipinski definition) is 2. The van der Waals surface area contributed by atoms with Crippen LogP contribution in [0.25, 0.3) is 0 Å². The van der Waals surface area contributed by atoms with Crippen LogP contribution in [-0.4, -0.2) is 32.8 Å². The summed E-state index contributed by atoms with van der Waals surface area (Å²) in [6.07, 6.45) is 0. The lowest BCUT2D eigenvalue weighted by molar-refractivity contribution is 0.141. The maximum Gasteiger partial charge on any atom is 0.241 e. The highest BCUT2D eigenvalue weighted by Crippen LogP contribution is 2.20. The number of benzene rings is 1. The van der Waals surface area contributed by atoms with E-state index < -0.39 is 28.0 Å². The molecule has 2 N–H and O–H groups in total. The van der Waals surface area contributed by atoms with E-state index in [2.05, 4.69) is 4.72 Å². The third-order valence-corrected chi connectivity index (χ3v) is 4.38. The monoisotopic (exact) mass is 305 g/mol. The summed E-state index contributed by atoms with van der Waals surface area (Å²) in [5, 5.41) is 9.07. The summed E-state index contributed by atoms with van der Waals surface area (Å²) in [4.78, 5) is -0.0790. The molecular weight excluding hydrogens is 285 g/mol. The fourth-order valence-electron chi connectivity index (χ4n) is 1.89. The van der Waals surface area contributed by atoms with Gasteiger partial charge in [0.25, 0.3) is 0 Å². The van der Waals surface area contributed by atoms with Gasteiger partial charge in [0.05, 0.1) is 23.6 Å². The van der Waals surface area contributed by atoms with Gasteiger partial charge in [-0.3, -0.25) is 0 Å². The van der Waals surface area contributed by atoms with E-state index in [4.69, 9.17) is 9.84 Å². The third kappa shape index (κ3) is 3.99. The van der Waals surface area contributed by atoms with Gasteiger partial charge in [0.2, 0.25) is 10.0 Å². The van der Waals surface area contributed by atoms with Crippen LogP contribution in [0.5, 0.6) is 0 Å². The lowest BCUT2D eigenvalue weighted by atomic mass is 10.1. The second kappa shape index (κ2) is 6.17. The van der Waals surface area contributed by atoms with Crippen LogP contribution >= 0.6 is 0 Å². The summed E-state index contributed by atoms with van der Waals surface area (Å²) in [5.74, 6) is -0.595. The fraction of sp³-hybridized carbons (Fsp3) is 0.538. The van der Waals surface area contributed by atoms with Crippen molar-refractivity contribution in [3.8, 4) is 0 Å². The molecule has 0 unspecified atom stereocenters. The Morgan fingerprint density at radius 2 is 2.00 bits per heavy atom. The molecule has 1 rings (SSSR count). The van der Waals surface area contributed by atoms with Crippen LogP contribution in [-0.2, 0) is 21.4 Å². The van der Waals surface area contributed by atoms with Gasteiger partial charge in [-0.15, -0.1) is 0 Å². The molecule has 20 heavy (non-hydrogen) atoms. The minimum absolute atomic E-state index is 0.0464. The molecule has 0 radical (unpaired) electrons. The van der Waals surface area contributed by atoms with E-state index in [1.54, 1.807) is 13.8 Å². The highest BCUT2D eigenvalue weighted by Gasteiger charge is 2.27. The van der Waals surface area contributed by atoms with Gasteiger partial charge < -0.3 is 9.84 Å². The topological polar surface area (TPSA) is 75.6 Å². The Morgan fingerprint density at radius 3 is 2.50 bits per heavy atom. The van der Waals surface area contributed by atoms with Gasteiger partial charge in [-0.25, -0.2) is 17.5 Å². The van der Waals surface area contributed by atoms with Crippen LogP contribution in [0.2, 0.25) is 0 Å². The number of ether oxygens (including phenoxy) is 1. The Hall–Kier alpha value is -1.02. The lowest BCUT2D eigenvalue weighted by Gasteiger charge is -2.25. The van der Waals surface area contributed by atoms with Crippen molar-refractivity contribution in [2.75, 3.05) is 13.7 Å². The molecule has 0 amide bonds. The minimum Gasteiger partial charge on any atom is -0.392 e. The van der Waals surface area contributed by atoms with E-state index in [1.807, 2.05) is 0 Å². The van der Waals surface area contributed by atoms with Crippen molar-refractivity contribution in [3.63, 3.8) is 0 Å². The first-order valence-corrected chi connectivity index (χ1v) is 7.54. The van der Waals surface area contributed by atoms with Crippen molar-refractivity contribution < 1.29 is 22.7 Å². The fourth-order valence-corrected chi connectivity index (χ4v) is 3.42. The van der Waals surface area contributed by atoms with Gasteiger partial charge in [0, 0.05) is 12.7 Å². The van der Waals surface area contributed by atoms with Crippen LogP contribution < -0.4 is 4.72 Å². The first kappa shape index (κ1) is 17.0. The van der Waals surface area contributed by atoms with Crippen LogP contribution in [0.1, 0.15) is 25.0 Å². The molecule has 1 aromatic carbocycles. The quantitative estimate of drug-likeness (QED) is 0.831. The summed E-state index contributed by atoms with van der Waals surface area (Å²) in [7, 11) is -2.35. The van der Waals surface area contributed by atoms with E-state index in [1.165, 1.54) is 20.1 Å². The molecule has 0 saturated heterocycles. The van der Waals surface area contributed by atoms with E-state index >= 15 is 0 Å². The average Bonchev–Trinajstić information content (AvgIpc) is 2.30. The third-order valence-electron chi connectivity index (χ3n) is 2.70. The van der Waals surface area contributed by atoms with Gasteiger partial charge in [-0.05, 0) is 38.5 Å². The zero-order valence-corrected chi connectivity index (χ0v) is 12.8. The maximum atomic E-state index is 13.6. The van der Waals surface area contributed by atoms with Crippen LogP contribution in [0, 0.1) is 12.7 Å². The number of sulfonamides is 1. The summed E-state index contributed by atoms with van der Waals surface area (Å²) in [6, 6.07) is 2.37. The second-order valence-corrected chi connectivity index (χ2v) is 6.98. The highest BCUT2D eigenvalue weighted by atomic mass is 32.2. The summed E-state index contributed by atoms with van der Waals surface area (Å²) < 4.78 is 45.6. The molecule has 114 valence electrons. The van der Waals surface area contributed by atoms with Crippen molar-refractivity contribution in [2.24, 2.45) is 0 Å². The number of aliphatic hydroxyl groups is 1. The Kier molecular flexibility index (Phi) is 5.26. The zero-order chi connectivity index (χ0) is 15.6. The van der Waals surface area contributed by atoms with Crippen LogP contribution in [0.3, 0.4) is 0 Å². The number of halogens is 1. The summed E-state index contributed by atoms with van der Waals surface area (Å²) in [6.45, 7) is 4.44. The Balaban J connectivity index is 3.20. The van der Waals surface area contributed by atoms with E-state index in [0.29, 0.717) is 0 Å². The van der Waals surface area contributed by atoms with E-state index in [0.717, 1.165) is 6.07 Å². The molecule has 0 bridgehead atoms. The predicted octanol–water partition coefficient (Wildman–Crippen LogP) is 1.33. The largest absolute Gasteiger partial charge is 0.392 e. The van der Waals surface area contributed by atoms with Crippen molar-refractivity contribution in [1.82, 2.24) is 4.72 Å². The second-order valence-electron chi connectivity index (χ2n) is 5.29. The van der Waals surface area contributed by atoms with E-state index in [-0.39, 0.29) is 22.6 Å². The van der Waals surface area contributed by atoms with Crippen molar-refractivity contribution in [1.29, 1.82) is 0 Å². The Morgan fingerprint density at radius 1 is 1.40 bits per heavy atom. The molecule has 0 fully saturated rings. The number of hydrogen-bond acceptors (Lipinski definition) is 4. The Labute approximate surface area is 118 Å². The minimum atomic E-state index is -3.82. The lowest BCUT2D eigenvalue weighted by Crippen LogP contribution is -2.46. The van der Waals surface area contributed by atoms with Gasteiger partial charge in [0.15, 0.2) is 0 Å². The molecular formula is C13H20FNO4S. The van der Waals surface area contributed by atoms with Gasteiger partial charge >= 0.3 is 0 Å². The predicted molar refractivity (Wildman–Crippen MR) is 73.3 cm³/mol. The maximum absolute atomic E-state index is 13.6. The normalized spacial score (nSPS) is 12.7. The molecule has 0 aliphatic heterocycles. The van der Waals surface area contributed by atoms with Crippen molar-refractivity contribution in [2.45, 2.75) is 37.8 Å². The molecule has 5 nitrogen and oxygen atoms in total. The molecule has 7 heteroatoms. The molecule has 0 aromatic heterocycles. The van der Waals surface area contributed by atoms with Gasteiger partial charge in [-0.2, -0.15) is 0 Å². The van der Waals surface area contributed by atoms with Gasteiger partial charge in [-0.1, -0.05) is 0 Å². The van der Waals surface area contributed by atoms with Crippen LogP contribution in [0.15, 0.2) is 17.0 Å². The number of rotatable bonds is 6. The molecule has 0 aliphatic rings. The molecule has 0 saturated carbocycles. The highest BCUT2D eigenvalue weighted by molar-refractivity contribution is 7.89. The van der Waals surface area contributed by atoms with Crippen LogP contribution in [0.4, 0.5) is 4.39 Å². The first-order valence-electron chi connectivity index (χ1n) is 6.06. The summed E-state index contributed by atoms with van der Waals surface area (Å²) >= 11 is 0. The molecule has 0 spiro atoms. The number of aliphatic hydroxyl groups excluding tert-OH is 1. The van der Waals surface area contributed by atoms with Crippen molar-refractivity contribution >= 4 is 10.0 Å². The zero-order valence-electron chi connectivity index (χ0n) is 12.0. The average molecular weight is 305 g/mol. The van der Waals surface area contributed by atoms with Gasteiger partial charge in [0.1, 0.15) is 5.82 Å². The number of aryl methyl sites for hydroxylation is 1. The number of nitrogens with one attached hydrogen (secondary N) is 1. The first-order chi connectivity index (χ1) is 9.13. The van der Waals surface area contributed by atoms with Crippen molar-refractivity contribution in [3.05, 3.63) is 29.1 Å². The molecule has 0 aliphatic carbocycles. The molecule has 0 heterocycles. The molecule has 0 atom stereocenters. The number of methoxy groups -OCH3 is 1. The van der Waals surface area contributed by atoms with E-state index in [9.17, 15) is 12.8 Å². The smallest absolute Gasteiger partial charge is 0.241 e. The summed E-state index contributed by atoms with van der Waals surface area (Å²) in [5.41, 5.74) is -0.675. The molecule has 1 aromatic rings. The SMILES string of the molecule is COCC(C)(C)NS(=O)(=O)c1cc(C)c(F)c(CO)c1.